The van der Waals surface area contributed by atoms with E-state index in [1.807, 2.05) is 31.9 Å². The summed E-state index contributed by atoms with van der Waals surface area (Å²) < 4.78 is 0. The molecule has 0 aliphatic rings. The Bertz CT molecular complexity index is 136. The van der Waals surface area contributed by atoms with Crippen molar-refractivity contribution in [1.29, 1.82) is 0 Å². The first kappa shape index (κ1) is 8.08. The lowest BCUT2D eigenvalue weighted by Crippen LogP contribution is -2.20. The van der Waals surface area contributed by atoms with Crippen molar-refractivity contribution in [2.45, 2.75) is 13.8 Å². The first-order valence-electron chi connectivity index (χ1n) is 2.90. The molecule has 0 radical (unpaired) electrons. The van der Waals surface area contributed by atoms with Crippen LogP contribution in [0.25, 0.3) is 0 Å². The molecule has 9 heavy (non-hydrogen) atoms. The van der Waals surface area contributed by atoms with Gasteiger partial charge in [-0.05, 0) is 19.9 Å². The van der Waals surface area contributed by atoms with Crippen molar-refractivity contribution in [3.63, 3.8) is 0 Å². The second-order valence-electron chi connectivity index (χ2n) is 2.01. The van der Waals surface area contributed by atoms with Gasteiger partial charge in [0, 0.05) is 12.7 Å². The van der Waals surface area contributed by atoms with Gasteiger partial charge in [-0.1, -0.05) is 6.58 Å². The molecule has 0 aliphatic carbocycles. The van der Waals surface area contributed by atoms with Gasteiger partial charge in [0.05, 0.1) is 5.82 Å². The van der Waals surface area contributed by atoms with Gasteiger partial charge in [0.25, 0.3) is 0 Å². The molecule has 52 valence electrons. The van der Waals surface area contributed by atoms with Gasteiger partial charge >= 0.3 is 0 Å². The van der Waals surface area contributed by atoms with Crippen LogP contribution in [0.5, 0.6) is 0 Å². The van der Waals surface area contributed by atoms with E-state index in [2.05, 4.69) is 6.58 Å². The van der Waals surface area contributed by atoms with E-state index in [-0.39, 0.29) is 0 Å². The quantitative estimate of drug-likeness (QED) is 0.603. The van der Waals surface area contributed by atoms with E-state index in [1.165, 1.54) is 0 Å². The Morgan fingerprint density at radius 2 is 2.11 bits per heavy atom. The lowest BCUT2D eigenvalue weighted by molar-refractivity contribution is 0.515. The molecule has 0 heterocycles. The molecule has 0 fully saturated rings. The molecule has 0 spiro atoms. The minimum atomic E-state index is 0.738. The van der Waals surface area contributed by atoms with Crippen LogP contribution in [0, 0.1) is 0 Å². The Morgan fingerprint density at radius 3 is 2.22 bits per heavy atom. The van der Waals surface area contributed by atoms with Gasteiger partial charge in [0.2, 0.25) is 0 Å². The third-order valence-corrected chi connectivity index (χ3v) is 1.26. The van der Waals surface area contributed by atoms with Crippen molar-refractivity contribution in [2.75, 3.05) is 7.05 Å². The van der Waals surface area contributed by atoms with Crippen LogP contribution >= 0.6 is 0 Å². The highest BCUT2D eigenvalue weighted by molar-refractivity contribution is 5.02. The van der Waals surface area contributed by atoms with Gasteiger partial charge in [-0.15, -0.1) is 0 Å². The Hall–Kier alpha value is -0.920. The van der Waals surface area contributed by atoms with Crippen molar-refractivity contribution in [3.05, 3.63) is 24.2 Å². The van der Waals surface area contributed by atoms with Crippen LogP contribution in [-0.2, 0) is 0 Å². The highest BCUT2D eigenvalue weighted by Gasteiger charge is 1.95. The zero-order valence-corrected chi connectivity index (χ0v) is 6.31. The van der Waals surface area contributed by atoms with Crippen molar-refractivity contribution >= 4 is 0 Å². The SMILES string of the molecule is C=C(C)N(C)/C(N)=C\C. The molecule has 0 unspecified atom stereocenters. The van der Waals surface area contributed by atoms with Crippen LogP contribution in [0.15, 0.2) is 24.2 Å². The molecule has 0 bridgehead atoms. The molecule has 0 saturated carbocycles. The molecule has 0 aromatic heterocycles. The first-order chi connectivity index (χ1) is 4.09. The smallest absolute Gasteiger partial charge is 0.0982 e. The second kappa shape index (κ2) is 3.17. The van der Waals surface area contributed by atoms with Gasteiger partial charge in [-0.3, -0.25) is 0 Å². The number of nitrogens with zero attached hydrogens (tertiary/aromatic N) is 1. The second-order valence-corrected chi connectivity index (χ2v) is 2.01. The van der Waals surface area contributed by atoms with Gasteiger partial charge in [0.15, 0.2) is 0 Å². The van der Waals surface area contributed by atoms with E-state index < -0.39 is 0 Å². The van der Waals surface area contributed by atoms with E-state index in [4.69, 9.17) is 5.73 Å². The number of rotatable bonds is 2. The monoisotopic (exact) mass is 126 g/mol. The lowest BCUT2D eigenvalue weighted by Gasteiger charge is -2.17. The molecule has 0 aromatic carbocycles. The summed E-state index contributed by atoms with van der Waals surface area (Å²) >= 11 is 0. The molecule has 2 N–H and O–H groups in total. The molecule has 0 aliphatic heterocycles. The Morgan fingerprint density at radius 1 is 1.67 bits per heavy atom. The minimum Gasteiger partial charge on any atom is -0.385 e. The standard InChI is InChI=1S/C7H14N2/c1-5-7(8)9(4)6(2)3/h5H,2,8H2,1,3-4H3/b7-5-. The van der Waals surface area contributed by atoms with Crippen LogP contribution in [0.4, 0.5) is 0 Å². The normalized spacial score (nSPS) is 11.2. The van der Waals surface area contributed by atoms with Crippen molar-refractivity contribution in [1.82, 2.24) is 4.90 Å². The zero-order chi connectivity index (χ0) is 7.44. The van der Waals surface area contributed by atoms with E-state index >= 15 is 0 Å². The number of hydrogen-bond donors (Lipinski definition) is 1. The molecule has 2 nitrogen and oxygen atoms in total. The fourth-order valence-electron chi connectivity index (χ4n) is 0.414. The first-order valence-corrected chi connectivity index (χ1v) is 2.90. The molecule has 2 heteroatoms. The molecule has 0 saturated heterocycles. The van der Waals surface area contributed by atoms with E-state index in [0.29, 0.717) is 0 Å². The van der Waals surface area contributed by atoms with Gasteiger partial charge in [0.1, 0.15) is 0 Å². The number of hydrogen-bond acceptors (Lipinski definition) is 2. The summed E-state index contributed by atoms with van der Waals surface area (Å²) in [5, 5.41) is 0. The van der Waals surface area contributed by atoms with E-state index in [9.17, 15) is 0 Å². The minimum absolute atomic E-state index is 0.738. The summed E-state index contributed by atoms with van der Waals surface area (Å²) in [6.07, 6.45) is 1.84. The highest BCUT2D eigenvalue weighted by Crippen LogP contribution is 2.00. The average molecular weight is 126 g/mol. The number of nitrogens with two attached hydrogens (primary N) is 1. The Labute approximate surface area is 56.6 Å². The molecule has 0 rings (SSSR count). The summed E-state index contributed by atoms with van der Waals surface area (Å²) in [4.78, 5) is 1.83. The third-order valence-electron chi connectivity index (χ3n) is 1.26. The summed E-state index contributed by atoms with van der Waals surface area (Å²) in [5.41, 5.74) is 6.49. The fourth-order valence-corrected chi connectivity index (χ4v) is 0.414. The van der Waals surface area contributed by atoms with Gasteiger partial charge in [-0.25, -0.2) is 0 Å². The molecular formula is C7H14N2. The van der Waals surface area contributed by atoms with Crippen molar-refractivity contribution < 1.29 is 0 Å². The fraction of sp³-hybridized carbons (Fsp3) is 0.429. The third kappa shape index (κ3) is 2.22. The van der Waals surface area contributed by atoms with Gasteiger partial charge < -0.3 is 10.6 Å². The average Bonchev–Trinajstić information content (AvgIpc) is 1.84. The van der Waals surface area contributed by atoms with Crippen LogP contribution < -0.4 is 5.73 Å². The predicted octanol–water partition coefficient (Wildman–Crippen LogP) is 1.27. The molecule has 0 amide bonds. The molecular weight excluding hydrogens is 112 g/mol. The highest BCUT2D eigenvalue weighted by atomic mass is 15.2. The van der Waals surface area contributed by atoms with E-state index in [0.717, 1.165) is 11.5 Å². The zero-order valence-electron chi connectivity index (χ0n) is 6.31. The summed E-state index contributed by atoms with van der Waals surface area (Å²) in [5.74, 6) is 0.738. The lowest BCUT2D eigenvalue weighted by atomic mass is 10.4. The maximum atomic E-state index is 5.54. The Balaban J connectivity index is 4.04. The van der Waals surface area contributed by atoms with Crippen molar-refractivity contribution in [2.24, 2.45) is 5.73 Å². The molecule has 0 atom stereocenters. The summed E-state index contributed by atoms with van der Waals surface area (Å²) in [6, 6.07) is 0. The number of allylic oxidation sites excluding steroid dienone is 2. The maximum Gasteiger partial charge on any atom is 0.0982 e. The van der Waals surface area contributed by atoms with Crippen LogP contribution in [0.1, 0.15) is 13.8 Å². The maximum absolute atomic E-state index is 5.54. The Kier molecular flexibility index (Phi) is 2.85. The summed E-state index contributed by atoms with van der Waals surface area (Å²) in [6.45, 7) is 7.54. The topological polar surface area (TPSA) is 29.3 Å². The molecule has 0 aromatic rings. The van der Waals surface area contributed by atoms with Gasteiger partial charge in [-0.2, -0.15) is 0 Å². The van der Waals surface area contributed by atoms with Crippen LogP contribution in [-0.4, -0.2) is 11.9 Å². The largest absolute Gasteiger partial charge is 0.385 e. The predicted molar refractivity (Wildman–Crippen MR) is 40.5 cm³/mol. The summed E-state index contributed by atoms with van der Waals surface area (Å²) in [7, 11) is 1.89. The van der Waals surface area contributed by atoms with Crippen LogP contribution in [0.3, 0.4) is 0 Å². The van der Waals surface area contributed by atoms with Crippen molar-refractivity contribution in [3.8, 4) is 0 Å². The van der Waals surface area contributed by atoms with Crippen LogP contribution in [0.2, 0.25) is 0 Å². The van der Waals surface area contributed by atoms with E-state index in [1.54, 1.807) is 0 Å².